The van der Waals surface area contributed by atoms with Gasteiger partial charge in [-0.05, 0) is 44.0 Å². The van der Waals surface area contributed by atoms with Gasteiger partial charge in [0.25, 0.3) is 0 Å². The Morgan fingerprint density at radius 3 is 2.71 bits per heavy atom. The molecule has 0 heterocycles. The molecule has 0 aromatic heterocycles. The number of benzene rings is 1. The molecule has 0 saturated heterocycles. The van der Waals surface area contributed by atoms with Crippen molar-refractivity contribution in [3.05, 3.63) is 28.2 Å². The molecule has 0 fully saturated rings. The Morgan fingerprint density at radius 1 is 1.47 bits per heavy atom. The van der Waals surface area contributed by atoms with Crippen molar-refractivity contribution in [3.8, 4) is 0 Å². The highest BCUT2D eigenvalue weighted by Crippen LogP contribution is 2.21. The van der Waals surface area contributed by atoms with Gasteiger partial charge >= 0.3 is 5.97 Å². The summed E-state index contributed by atoms with van der Waals surface area (Å²) in [5.41, 5.74) is 2.07. The fourth-order valence-electron chi connectivity index (χ4n) is 1.51. The van der Waals surface area contributed by atoms with Gasteiger partial charge in [0, 0.05) is 10.2 Å². The number of carbonyl (C=O) groups excluding carboxylic acids is 1. The van der Waals surface area contributed by atoms with Gasteiger partial charge < -0.3 is 10.1 Å². The summed E-state index contributed by atoms with van der Waals surface area (Å²) >= 11 is 3.45. The summed E-state index contributed by atoms with van der Waals surface area (Å²) in [5.74, 6) is -0.199. The molecule has 0 aliphatic rings. The zero-order valence-corrected chi connectivity index (χ0v) is 12.0. The van der Waals surface area contributed by atoms with Crippen molar-refractivity contribution in [2.45, 2.75) is 33.2 Å². The van der Waals surface area contributed by atoms with E-state index in [1.165, 1.54) is 0 Å². The second-order valence-corrected chi connectivity index (χ2v) is 4.68. The summed E-state index contributed by atoms with van der Waals surface area (Å²) < 4.78 is 6.07. The van der Waals surface area contributed by atoms with Gasteiger partial charge in [-0.1, -0.05) is 22.9 Å². The van der Waals surface area contributed by atoms with Crippen LogP contribution in [0.2, 0.25) is 0 Å². The van der Waals surface area contributed by atoms with Crippen molar-refractivity contribution in [1.82, 2.24) is 0 Å². The molecule has 0 radical (unpaired) electrons. The highest BCUT2D eigenvalue weighted by molar-refractivity contribution is 9.10. The third kappa shape index (κ3) is 4.04. The first-order valence-electron chi connectivity index (χ1n) is 5.77. The Hall–Kier alpha value is -1.03. The van der Waals surface area contributed by atoms with Crippen molar-refractivity contribution in [3.63, 3.8) is 0 Å². The Labute approximate surface area is 111 Å². The van der Waals surface area contributed by atoms with E-state index in [1.807, 2.05) is 39.0 Å². The zero-order valence-electron chi connectivity index (χ0n) is 10.4. The van der Waals surface area contributed by atoms with Crippen LogP contribution in [0.5, 0.6) is 0 Å². The average Bonchev–Trinajstić information content (AvgIpc) is 2.30. The maximum Gasteiger partial charge on any atom is 0.328 e. The smallest absolute Gasteiger partial charge is 0.328 e. The lowest BCUT2D eigenvalue weighted by Crippen LogP contribution is -2.30. The van der Waals surface area contributed by atoms with Gasteiger partial charge in [-0.2, -0.15) is 0 Å². The molecule has 0 saturated carbocycles. The topological polar surface area (TPSA) is 38.3 Å². The lowest BCUT2D eigenvalue weighted by Gasteiger charge is -2.17. The summed E-state index contributed by atoms with van der Waals surface area (Å²) in [5, 5.41) is 3.19. The number of hydrogen-bond donors (Lipinski definition) is 1. The molecular weight excluding hydrogens is 282 g/mol. The molecule has 1 unspecified atom stereocenters. The number of aryl methyl sites for hydroxylation is 1. The highest BCUT2D eigenvalue weighted by Gasteiger charge is 2.17. The van der Waals surface area contributed by atoms with Gasteiger partial charge in [-0.15, -0.1) is 0 Å². The van der Waals surface area contributed by atoms with Crippen LogP contribution in [0.1, 0.15) is 25.8 Å². The first kappa shape index (κ1) is 14.0. The first-order valence-corrected chi connectivity index (χ1v) is 6.57. The maximum atomic E-state index is 11.6. The number of carbonyl (C=O) groups is 1. The van der Waals surface area contributed by atoms with E-state index < -0.39 is 0 Å². The third-order valence-electron chi connectivity index (χ3n) is 2.48. The van der Waals surface area contributed by atoms with Crippen molar-refractivity contribution < 1.29 is 9.53 Å². The number of anilines is 1. The lowest BCUT2D eigenvalue weighted by atomic mass is 10.2. The normalized spacial score (nSPS) is 12.0. The lowest BCUT2D eigenvalue weighted by molar-refractivity contribution is -0.144. The Morgan fingerprint density at radius 2 is 2.18 bits per heavy atom. The van der Waals surface area contributed by atoms with Gasteiger partial charge in [0.2, 0.25) is 0 Å². The molecule has 0 aliphatic carbocycles. The van der Waals surface area contributed by atoms with Crippen molar-refractivity contribution in [1.29, 1.82) is 0 Å². The molecule has 4 heteroatoms. The number of ether oxygens (including phenoxy) is 1. The van der Waals surface area contributed by atoms with Crippen molar-refractivity contribution in [2.75, 3.05) is 11.9 Å². The molecule has 1 aromatic rings. The van der Waals surface area contributed by atoms with Crippen LogP contribution >= 0.6 is 15.9 Å². The van der Waals surface area contributed by atoms with Crippen LogP contribution in [0.15, 0.2) is 22.7 Å². The van der Waals surface area contributed by atoms with Gasteiger partial charge in [-0.25, -0.2) is 4.79 Å². The summed E-state index contributed by atoms with van der Waals surface area (Å²) in [6, 6.07) is 5.64. The molecule has 17 heavy (non-hydrogen) atoms. The standard InChI is InChI=1S/C13H18BrNO2/c1-4-12(13(16)17-5-2)15-10-6-7-11(14)9(3)8-10/h6-8,12,15H,4-5H2,1-3H3. The second-order valence-electron chi connectivity index (χ2n) is 3.82. The SMILES string of the molecule is CCOC(=O)C(CC)Nc1ccc(Br)c(C)c1. The molecule has 94 valence electrons. The minimum Gasteiger partial charge on any atom is -0.464 e. The number of nitrogens with one attached hydrogen (secondary N) is 1. The monoisotopic (exact) mass is 299 g/mol. The maximum absolute atomic E-state index is 11.6. The Kier molecular flexibility index (Phi) is 5.48. The molecule has 1 atom stereocenters. The van der Waals surface area contributed by atoms with E-state index in [1.54, 1.807) is 0 Å². The van der Waals surface area contributed by atoms with Gasteiger partial charge in [-0.3, -0.25) is 0 Å². The molecule has 3 nitrogen and oxygen atoms in total. The molecule has 1 N–H and O–H groups in total. The van der Waals surface area contributed by atoms with Crippen LogP contribution in [0.3, 0.4) is 0 Å². The average molecular weight is 300 g/mol. The van der Waals surface area contributed by atoms with E-state index in [0.717, 1.165) is 15.7 Å². The van der Waals surface area contributed by atoms with Crippen molar-refractivity contribution in [2.24, 2.45) is 0 Å². The van der Waals surface area contributed by atoms with E-state index in [0.29, 0.717) is 13.0 Å². The van der Waals surface area contributed by atoms with Crippen molar-refractivity contribution >= 4 is 27.6 Å². The van der Waals surface area contributed by atoms with Gasteiger partial charge in [0.15, 0.2) is 0 Å². The minimum absolute atomic E-state index is 0.199. The quantitative estimate of drug-likeness (QED) is 0.846. The van der Waals surface area contributed by atoms with E-state index in [-0.39, 0.29) is 12.0 Å². The first-order chi connectivity index (χ1) is 8.08. The molecule has 0 amide bonds. The van der Waals surface area contributed by atoms with Gasteiger partial charge in [0.1, 0.15) is 6.04 Å². The molecule has 0 bridgehead atoms. The van der Waals surface area contributed by atoms with Crippen LogP contribution in [-0.4, -0.2) is 18.6 Å². The largest absolute Gasteiger partial charge is 0.464 e. The van der Waals surface area contributed by atoms with E-state index in [4.69, 9.17) is 4.74 Å². The molecule has 1 rings (SSSR count). The highest BCUT2D eigenvalue weighted by atomic mass is 79.9. The summed E-state index contributed by atoms with van der Waals surface area (Å²) in [6.07, 6.45) is 0.702. The molecule has 1 aromatic carbocycles. The third-order valence-corrected chi connectivity index (χ3v) is 3.37. The fourth-order valence-corrected chi connectivity index (χ4v) is 1.75. The van der Waals surface area contributed by atoms with Crippen LogP contribution < -0.4 is 5.32 Å². The van der Waals surface area contributed by atoms with E-state index in [2.05, 4.69) is 21.2 Å². The number of esters is 1. The van der Waals surface area contributed by atoms with Crippen LogP contribution in [0.25, 0.3) is 0 Å². The Bertz CT molecular complexity index is 393. The predicted molar refractivity (Wildman–Crippen MR) is 73.2 cm³/mol. The predicted octanol–water partition coefficient (Wildman–Crippen LogP) is 3.51. The number of rotatable bonds is 5. The summed E-state index contributed by atoms with van der Waals surface area (Å²) in [7, 11) is 0. The second kappa shape index (κ2) is 6.64. The summed E-state index contributed by atoms with van der Waals surface area (Å²) in [6.45, 7) is 6.20. The van der Waals surface area contributed by atoms with Crippen LogP contribution in [0, 0.1) is 6.92 Å². The molecule has 0 aliphatic heterocycles. The van der Waals surface area contributed by atoms with E-state index >= 15 is 0 Å². The Balaban J connectivity index is 2.73. The fraction of sp³-hybridized carbons (Fsp3) is 0.462. The summed E-state index contributed by atoms with van der Waals surface area (Å²) in [4.78, 5) is 11.6. The molecular formula is C13H18BrNO2. The van der Waals surface area contributed by atoms with E-state index in [9.17, 15) is 4.79 Å². The van der Waals surface area contributed by atoms with Crippen LogP contribution in [-0.2, 0) is 9.53 Å². The number of hydrogen-bond acceptors (Lipinski definition) is 3. The minimum atomic E-state index is -0.282. The van der Waals surface area contributed by atoms with Gasteiger partial charge in [0.05, 0.1) is 6.61 Å². The van der Waals surface area contributed by atoms with Crippen LogP contribution in [0.4, 0.5) is 5.69 Å². The molecule has 0 spiro atoms. The number of halogens is 1. The zero-order chi connectivity index (χ0) is 12.8.